The fourth-order valence-electron chi connectivity index (χ4n) is 3.08. The average Bonchev–Trinajstić information content (AvgIpc) is 2.89. The average molecular weight is 305 g/mol. The number of rotatable bonds is 4. The maximum atomic E-state index is 10.8. The number of aromatic nitrogens is 4. The third-order valence-electron chi connectivity index (χ3n) is 4.53. The summed E-state index contributed by atoms with van der Waals surface area (Å²) in [5, 5.41) is 14.8. The van der Waals surface area contributed by atoms with Crippen molar-refractivity contribution in [1.82, 2.24) is 19.7 Å². The third-order valence-corrected chi connectivity index (χ3v) is 4.53. The molecule has 23 heavy (non-hydrogen) atoms. The van der Waals surface area contributed by atoms with E-state index >= 15 is 0 Å². The molecule has 1 aliphatic heterocycles. The summed E-state index contributed by atoms with van der Waals surface area (Å²) in [6.07, 6.45) is 5.91. The van der Waals surface area contributed by atoms with Gasteiger partial charge in [-0.25, -0.2) is 9.97 Å². The molecule has 2 atom stereocenters. The van der Waals surface area contributed by atoms with Crippen LogP contribution in [0.15, 0.2) is 18.6 Å². The molecular weight excluding hydrogens is 289 g/mol. The molecular formula is C15H16LiN5O2. The number of hydrogen-bond donors (Lipinski definition) is 0. The minimum Gasteiger partial charge on any atom is -0.545 e. The Morgan fingerprint density at radius 2 is 2.09 bits per heavy atom. The molecule has 114 valence electrons. The number of hydrogen-bond acceptors (Lipinski definition) is 6. The summed E-state index contributed by atoms with van der Waals surface area (Å²) in [5.41, 5.74) is 1.91. The number of carboxylic acid groups (broad SMARTS) is 1. The van der Waals surface area contributed by atoms with Crippen molar-refractivity contribution in [2.24, 2.45) is 11.8 Å². The maximum Gasteiger partial charge on any atom is 1.00 e. The first kappa shape index (κ1) is 16.0. The number of aromatic carboxylic acids is 1. The number of anilines is 1. The molecule has 0 aromatic carbocycles. The Bertz CT molecular complexity index is 737. The molecule has 2 aromatic heterocycles. The van der Waals surface area contributed by atoms with Gasteiger partial charge < -0.3 is 14.8 Å². The normalized spacial score (nSPS) is 21.7. The van der Waals surface area contributed by atoms with Gasteiger partial charge in [0.1, 0.15) is 0 Å². The van der Waals surface area contributed by atoms with Gasteiger partial charge in [0, 0.05) is 42.3 Å². The summed E-state index contributed by atoms with van der Waals surface area (Å²) in [7, 11) is 0. The van der Waals surface area contributed by atoms with Gasteiger partial charge in [-0.1, -0.05) is 0 Å². The van der Waals surface area contributed by atoms with Crippen LogP contribution in [0.4, 0.5) is 5.95 Å². The predicted molar refractivity (Wildman–Crippen MR) is 76.2 cm³/mol. The van der Waals surface area contributed by atoms with Crippen LogP contribution in [0.3, 0.4) is 0 Å². The second-order valence-corrected chi connectivity index (χ2v) is 6.16. The first-order valence-electron chi connectivity index (χ1n) is 7.41. The zero-order chi connectivity index (χ0) is 15.3. The molecule has 1 saturated heterocycles. The molecule has 0 amide bonds. The second-order valence-electron chi connectivity index (χ2n) is 6.16. The number of carbonyl (C=O) groups excluding carboxylic acids is 1. The number of aryl methyl sites for hydroxylation is 1. The van der Waals surface area contributed by atoms with E-state index in [1.54, 1.807) is 4.68 Å². The van der Waals surface area contributed by atoms with Crippen molar-refractivity contribution < 1.29 is 28.8 Å². The van der Waals surface area contributed by atoms with Crippen molar-refractivity contribution in [3.05, 3.63) is 35.4 Å². The Labute approximate surface area is 145 Å². The fraction of sp³-hybridized carbons (Fsp3) is 0.467. The summed E-state index contributed by atoms with van der Waals surface area (Å²) in [6.45, 7) is 4.53. The maximum absolute atomic E-state index is 10.8. The Morgan fingerprint density at radius 3 is 2.70 bits per heavy atom. The van der Waals surface area contributed by atoms with Crippen LogP contribution in [0.25, 0.3) is 0 Å². The summed E-state index contributed by atoms with van der Waals surface area (Å²) in [6, 6.07) is 0. The van der Waals surface area contributed by atoms with E-state index in [0.29, 0.717) is 6.54 Å². The number of nitrogens with zero attached hydrogens (tertiary/aromatic N) is 5. The molecule has 4 rings (SSSR count). The van der Waals surface area contributed by atoms with E-state index in [1.165, 1.54) is 18.8 Å². The molecule has 7 nitrogen and oxygen atoms in total. The van der Waals surface area contributed by atoms with Gasteiger partial charge in [-0.15, -0.1) is 0 Å². The van der Waals surface area contributed by atoms with Crippen LogP contribution in [0.5, 0.6) is 0 Å². The van der Waals surface area contributed by atoms with Gasteiger partial charge in [0.15, 0.2) is 0 Å². The first-order valence-corrected chi connectivity index (χ1v) is 7.41. The van der Waals surface area contributed by atoms with Crippen LogP contribution in [-0.4, -0.2) is 38.8 Å². The topological polar surface area (TPSA) is 87.0 Å². The van der Waals surface area contributed by atoms with Crippen molar-refractivity contribution in [3.8, 4) is 0 Å². The smallest absolute Gasteiger partial charge is 0.545 e. The van der Waals surface area contributed by atoms with E-state index in [-0.39, 0.29) is 24.4 Å². The molecule has 2 aromatic rings. The number of fused-ring (bicyclic) bond motifs is 1. The van der Waals surface area contributed by atoms with Gasteiger partial charge in [-0.2, -0.15) is 5.10 Å². The number of piperidine rings is 1. The van der Waals surface area contributed by atoms with E-state index in [4.69, 9.17) is 0 Å². The van der Waals surface area contributed by atoms with Crippen LogP contribution in [0.2, 0.25) is 0 Å². The minimum absolute atomic E-state index is 0. The second kappa shape index (κ2) is 5.99. The molecule has 3 heterocycles. The van der Waals surface area contributed by atoms with Crippen molar-refractivity contribution in [2.75, 3.05) is 18.0 Å². The molecule has 2 fully saturated rings. The van der Waals surface area contributed by atoms with Crippen LogP contribution >= 0.6 is 0 Å². The standard InChI is InChI=1S/C15H17N5O2.Li/c1-9-12(7-20-8-13(4-17-20)14(21)22)3-16-15(18-9)19-5-10-2-11(10)6-19;/h3-4,8,10-11H,2,5-7H2,1H3,(H,21,22);/q;+1/p-1. The molecule has 8 heteroatoms. The number of carboxylic acids is 1. The Balaban J connectivity index is 0.00000156. The summed E-state index contributed by atoms with van der Waals surface area (Å²) in [5.74, 6) is 1.26. The summed E-state index contributed by atoms with van der Waals surface area (Å²) >= 11 is 0. The van der Waals surface area contributed by atoms with Crippen LogP contribution in [0, 0.1) is 18.8 Å². The van der Waals surface area contributed by atoms with Crippen molar-refractivity contribution >= 4 is 11.9 Å². The van der Waals surface area contributed by atoms with E-state index in [0.717, 1.165) is 42.1 Å². The first-order chi connectivity index (χ1) is 10.6. The van der Waals surface area contributed by atoms with Gasteiger partial charge in [-0.3, -0.25) is 4.68 Å². The zero-order valence-corrected chi connectivity index (χ0v) is 13.3. The van der Waals surface area contributed by atoms with Crippen molar-refractivity contribution in [1.29, 1.82) is 0 Å². The van der Waals surface area contributed by atoms with Crippen molar-refractivity contribution in [2.45, 2.75) is 19.9 Å². The SMILES string of the molecule is Cc1nc(N2CC3CC3C2)ncc1Cn1cc(C(=O)[O-])cn1.[Li+]. The monoisotopic (exact) mass is 305 g/mol. The molecule has 2 aliphatic rings. The van der Waals surface area contributed by atoms with Crippen molar-refractivity contribution in [3.63, 3.8) is 0 Å². The Morgan fingerprint density at radius 1 is 1.35 bits per heavy atom. The molecule has 1 aliphatic carbocycles. The molecule has 0 radical (unpaired) electrons. The van der Waals surface area contributed by atoms with E-state index in [2.05, 4.69) is 20.0 Å². The van der Waals surface area contributed by atoms with Crippen LogP contribution in [-0.2, 0) is 6.54 Å². The van der Waals surface area contributed by atoms with E-state index < -0.39 is 5.97 Å². The van der Waals surface area contributed by atoms with Gasteiger partial charge in [0.25, 0.3) is 0 Å². The predicted octanol–water partition coefficient (Wildman–Crippen LogP) is -3.15. The van der Waals surface area contributed by atoms with Gasteiger partial charge in [-0.05, 0) is 25.2 Å². The molecule has 1 saturated carbocycles. The Kier molecular flexibility index (Phi) is 4.17. The van der Waals surface area contributed by atoms with Gasteiger partial charge >= 0.3 is 18.9 Å². The summed E-state index contributed by atoms with van der Waals surface area (Å²) < 4.78 is 1.56. The van der Waals surface area contributed by atoms with E-state index in [1.807, 2.05) is 13.1 Å². The van der Waals surface area contributed by atoms with Gasteiger partial charge in [0.05, 0.1) is 18.7 Å². The number of carbonyl (C=O) groups is 1. The molecule has 2 unspecified atom stereocenters. The third kappa shape index (κ3) is 3.12. The molecule has 0 N–H and O–H groups in total. The molecule has 0 spiro atoms. The Hall–Kier alpha value is -1.84. The minimum atomic E-state index is -1.22. The largest absolute Gasteiger partial charge is 1.00 e. The van der Waals surface area contributed by atoms with Crippen LogP contribution < -0.4 is 28.9 Å². The quantitative estimate of drug-likeness (QED) is 0.555. The van der Waals surface area contributed by atoms with Crippen LogP contribution in [0.1, 0.15) is 28.0 Å². The molecule has 0 bridgehead atoms. The summed E-state index contributed by atoms with van der Waals surface area (Å²) in [4.78, 5) is 22.1. The fourth-order valence-corrected chi connectivity index (χ4v) is 3.08. The van der Waals surface area contributed by atoms with Gasteiger partial charge in [0.2, 0.25) is 5.95 Å². The van der Waals surface area contributed by atoms with E-state index in [9.17, 15) is 9.90 Å². The zero-order valence-electron chi connectivity index (χ0n) is 13.3.